The van der Waals surface area contributed by atoms with Crippen LogP contribution in [0.2, 0.25) is 0 Å². The van der Waals surface area contributed by atoms with Crippen molar-refractivity contribution < 1.29 is 9.47 Å². The molecule has 1 aliphatic carbocycles. The first-order chi connectivity index (χ1) is 17.7. The topological polar surface area (TPSA) is 66.0 Å². The molecule has 0 bridgehead atoms. The maximum atomic E-state index is 9.24. The molecule has 4 heteroatoms. The molecule has 0 atom stereocenters. The molecule has 4 aromatic carbocycles. The van der Waals surface area contributed by atoms with Gasteiger partial charge < -0.3 is 9.47 Å². The molecule has 0 N–H and O–H groups in total. The van der Waals surface area contributed by atoms with Gasteiger partial charge in [-0.25, -0.2) is 0 Å². The van der Waals surface area contributed by atoms with Crippen molar-refractivity contribution in [3.05, 3.63) is 108 Å². The summed E-state index contributed by atoms with van der Waals surface area (Å²) in [6.45, 7) is 0. The second-order valence-corrected chi connectivity index (χ2v) is 9.18. The SMILES string of the molecule is N#COc1ccc(C2(c3ccc(OC#N)c(-c4ccccc4)c3)CCCCC2)cc1-c1ccccc1. The summed E-state index contributed by atoms with van der Waals surface area (Å²) >= 11 is 0. The van der Waals surface area contributed by atoms with Crippen LogP contribution in [0.4, 0.5) is 0 Å². The van der Waals surface area contributed by atoms with Crippen LogP contribution < -0.4 is 9.47 Å². The molecule has 0 heterocycles. The van der Waals surface area contributed by atoms with Crippen LogP contribution in [0.5, 0.6) is 11.5 Å². The molecule has 0 aliphatic heterocycles. The van der Waals surface area contributed by atoms with Crippen LogP contribution in [0.15, 0.2) is 97.1 Å². The van der Waals surface area contributed by atoms with Gasteiger partial charge in [-0.3, -0.25) is 0 Å². The summed E-state index contributed by atoms with van der Waals surface area (Å²) in [5, 5.41) is 18.5. The molecule has 0 saturated heterocycles. The highest BCUT2D eigenvalue weighted by atomic mass is 16.5. The minimum Gasteiger partial charge on any atom is -0.387 e. The summed E-state index contributed by atoms with van der Waals surface area (Å²) in [6.07, 6.45) is 9.20. The van der Waals surface area contributed by atoms with E-state index < -0.39 is 0 Å². The van der Waals surface area contributed by atoms with Crippen molar-refractivity contribution >= 4 is 0 Å². The Hall–Kier alpha value is -4.54. The fraction of sp³-hybridized carbons (Fsp3) is 0.188. The van der Waals surface area contributed by atoms with Crippen molar-refractivity contribution in [1.82, 2.24) is 0 Å². The first kappa shape index (κ1) is 23.2. The number of nitrogens with zero attached hydrogens (tertiary/aromatic N) is 2. The molecule has 176 valence electrons. The smallest absolute Gasteiger partial charge is 0.292 e. The second-order valence-electron chi connectivity index (χ2n) is 9.18. The lowest BCUT2D eigenvalue weighted by atomic mass is 9.64. The third kappa shape index (κ3) is 4.42. The number of nitriles is 2. The predicted octanol–water partition coefficient (Wildman–Crippen LogP) is 7.99. The quantitative estimate of drug-likeness (QED) is 0.268. The van der Waals surface area contributed by atoms with Crippen LogP contribution in [0, 0.1) is 23.0 Å². The molecule has 0 spiro atoms. The van der Waals surface area contributed by atoms with Crippen molar-refractivity contribution in [2.75, 3.05) is 0 Å². The molecular weight excluding hydrogens is 444 g/mol. The Morgan fingerprint density at radius 1 is 0.556 bits per heavy atom. The summed E-state index contributed by atoms with van der Waals surface area (Å²) in [6, 6.07) is 32.5. The first-order valence-corrected chi connectivity index (χ1v) is 12.3. The molecule has 36 heavy (non-hydrogen) atoms. The zero-order valence-electron chi connectivity index (χ0n) is 20.0. The Morgan fingerprint density at radius 2 is 1.00 bits per heavy atom. The van der Waals surface area contributed by atoms with E-state index in [0.29, 0.717) is 11.5 Å². The number of benzene rings is 4. The lowest BCUT2D eigenvalue weighted by Gasteiger charge is -2.39. The van der Waals surface area contributed by atoms with Gasteiger partial charge >= 0.3 is 0 Å². The highest BCUT2D eigenvalue weighted by Crippen LogP contribution is 2.48. The van der Waals surface area contributed by atoms with E-state index in [-0.39, 0.29) is 5.41 Å². The molecule has 0 amide bonds. The van der Waals surface area contributed by atoms with Crippen molar-refractivity contribution in [3.8, 4) is 46.3 Å². The number of hydrogen-bond acceptors (Lipinski definition) is 4. The standard InChI is InChI=1S/C32H26N2O2/c33-22-35-30-16-14-26(20-28(30)24-10-4-1-5-11-24)32(18-8-3-9-19-32)27-15-17-31(36-23-34)29(21-27)25-12-6-2-7-13-25/h1-2,4-7,10-17,20-21H,3,8-9,18-19H2. The normalized spacial score (nSPS) is 14.3. The average Bonchev–Trinajstić information content (AvgIpc) is 2.95. The van der Waals surface area contributed by atoms with Gasteiger partial charge in [0, 0.05) is 16.5 Å². The Bertz CT molecular complexity index is 1320. The molecule has 0 radical (unpaired) electrons. The third-order valence-corrected chi connectivity index (χ3v) is 7.25. The van der Waals surface area contributed by atoms with Crippen molar-refractivity contribution in [2.24, 2.45) is 0 Å². The maximum absolute atomic E-state index is 9.24. The molecule has 0 unspecified atom stereocenters. The lowest BCUT2D eigenvalue weighted by molar-refractivity contribution is 0.345. The van der Waals surface area contributed by atoms with Gasteiger partial charge in [0.2, 0.25) is 0 Å². The average molecular weight is 471 g/mol. The lowest BCUT2D eigenvalue weighted by Crippen LogP contribution is -2.30. The van der Waals surface area contributed by atoms with E-state index in [9.17, 15) is 10.5 Å². The number of ether oxygens (including phenoxy) is 2. The van der Waals surface area contributed by atoms with E-state index in [0.717, 1.165) is 47.9 Å². The maximum Gasteiger partial charge on any atom is 0.292 e. The van der Waals surface area contributed by atoms with Gasteiger partial charge in [-0.05, 0) is 59.4 Å². The molecular formula is C32H26N2O2. The second kappa shape index (κ2) is 10.4. The van der Waals surface area contributed by atoms with E-state index in [2.05, 4.69) is 24.3 Å². The Balaban J connectivity index is 1.69. The Morgan fingerprint density at radius 3 is 1.42 bits per heavy atom. The fourth-order valence-corrected chi connectivity index (χ4v) is 5.52. The molecule has 1 saturated carbocycles. The molecule has 4 nitrogen and oxygen atoms in total. The van der Waals surface area contributed by atoms with Crippen LogP contribution in [-0.4, -0.2) is 0 Å². The number of hydrogen-bond donors (Lipinski definition) is 0. The van der Waals surface area contributed by atoms with Crippen LogP contribution >= 0.6 is 0 Å². The fourth-order valence-electron chi connectivity index (χ4n) is 5.52. The summed E-state index contributed by atoms with van der Waals surface area (Å²) in [4.78, 5) is 0. The third-order valence-electron chi connectivity index (χ3n) is 7.25. The van der Waals surface area contributed by atoms with Gasteiger partial charge in [0.15, 0.2) is 0 Å². The summed E-state index contributed by atoms with van der Waals surface area (Å²) < 4.78 is 10.7. The van der Waals surface area contributed by atoms with E-state index in [1.54, 1.807) is 0 Å². The first-order valence-electron chi connectivity index (χ1n) is 12.3. The molecule has 4 aromatic rings. The zero-order valence-corrected chi connectivity index (χ0v) is 20.0. The predicted molar refractivity (Wildman–Crippen MR) is 140 cm³/mol. The van der Waals surface area contributed by atoms with Gasteiger partial charge in [0.1, 0.15) is 11.5 Å². The van der Waals surface area contributed by atoms with Gasteiger partial charge in [-0.1, -0.05) is 92.1 Å². The van der Waals surface area contributed by atoms with E-state index >= 15 is 0 Å². The van der Waals surface area contributed by atoms with Crippen LogP contribution in [-0.2, 0) is 5.41 Å². The van der Waals surface area contributed by atoms with Crippen molar-refractivity contribution in [2.45, 2.75) is 37.5 Å². The van der Waals surface area contributed by atoms with Crippen LogP contribution in [0.25, 0.3) is 22.3 Å². The summed E-state index contributed by atoms with van der Waals surface area (Å²) in [5.74, 6) is 1.11. The Kier molecular flexibility index (Phi) is 6.69. The van der Waals surface area contributed by atoms with Crippen LogP contribution in [0.3, 0.4) is 0 Å². The molecule has 1 fully saturated rings. The Labute approximate surface area is 212 Å². The van der Waals surface area contributed by atoms with E-state index in [1.807, 2.05) is 85.3 Å². The summed E-state index contributed by atoms with van der Waals surface area (Å²) in [7, 11) is 0. The molecule has 5 rings (SSSR count). The molecule has 0 aromatic heterocycles. The van der Waals surface area contributed by atoms with Crippen molar-refractivity contribution in [1.29, 1.82) is 10.5 Å². The minimum atomic E-state index is -0.193. The van der Waals surface area contributed by atoms with Gasteiger partial charge in [0.25, 0.3) is 12.5 Å². The van der Waals surface area contributed by atoms with E-state index in [1.165, 1.54) is 17.5 Å². The highest BCUT2D eigenvalue weighted by Gasteiger charge is 2.37. The van der Waals surface area contributed by atoms with Gasteiger partial charge in [-0.15, -0.1) is 10.5 Å². The van der Waals surface area contributed by atoms with Gasteiger partial charge in [0.05, 0.1) is 0 Å². The minimum absolute atomic E-state index is 0.193. The van der Waals surface area contributed by atoms with Gasteiger partial charge in [-0.2, -0.15) is 0 Å². The largest absolute Gasteiger partial charge is 0.387 e. The van der Waals surface area contributed by atoms with Crippen LogP contribution in [0.1, 0.15) is 43.2 Å². The van der Waals surface area contributed by atoms with Crippen molar-refractivity contribution in [3.63, 3.8) is 0 Å². The highest BCUT2D eigenvalue weighted by molar-refractivity contribution is 5.74. The monoisotopic (exact) mass is 470 g/mol. The summed E-state index contributed by atoms with van der Waals surface area (Å²) in [5.41, 5.74) is 6.07. The number of rotatable bonds is 6. The zero-order chi connectivity index (χ0) is 24.8. The molecule has 1 aliphatic rings. The van der Waals surface area contributed by atoms with E-state index in [4.69, 9.17) is 9.47 Å².